The van der Waals surface area contributed by atoms with Crippen LogP contribution in [-0.2, 0) is 6.42 Å². The molecule has 0 amide bonds. The van der Waals surface area contributed by atoms with E-state index in [1.165, 1.54) is 0 Å². The summed E-state index contributed by atoms with van der Waals surface area (Å²) < 4.78 is 10.2. The molecule has 2 rings (SSSR count). The fourth-order valence-electron chi connectivity index (χ4n) is 1.40. The van der Waals surface area contributed by atoms with Gasteiger partial charge in [0.2, 0.25) is 17.1 Å². The third-order valence-electron chi connectivity index (χ3n) is 2.22. The second-order valence-corrected chi connectivity index (χ2v) is 4.30. The van der Waals surface area contributed by atoms with Crippen molar-refractivity contribution in [1.82, 2.24) is 25.1 Å². The van der Waals surface area contributed by atoms with Crippen LogP contribution in [0, 0.1) is 6.92 Å². The summed E-state index contributed by atoms with van der Waals surface area (Å²) in [6.07, 6.45) is 1.45. The molecule has 0 unspecified atom stereocenters. The summed E-state index contributed by atoms with van der Waals surface area (Å²) in [5.74, 6) is 1.52. The van der Waals surface area contributed by atoms with Gasteiger partial charge in [-0.25, -0.2) is 0 Å². The Hall–Kier alpha value is -1.96. The van der Waals surface area contributed by atoms with Gasteiger partial charge < -0.3 is 14.6 Å². The first-order valence-electron chi connectivity index (χ1n) is 6.25. The van der Waals surface area contributed by atoms with Crippen molar-refractivity contribution in [3.8, 4) is 6.01 Å². The second-order valence-electron chi connectivity index (χ2n) is 3.97. The number of nitrogens with zero attached hydrogens (tertiary/aromatic N) is 5. The minimum absolute atomic E-state index is 0.0870. The molecule has 0 aromatic carbocycles. The van der Waals surface area contributed by atoms with Gasteiger partial charge in [0, 0.05) is 19.9 Å². The summed E-state index contributed by atoms with van der Waals surface area (Å²) in [7, 11) is 0. The molecular weight excluding hydrogens is 284 g/mol. The highest BCUT2D eigenvalue weighted by Crippen LogP contribution is 2.11. The normalized spacial score (nSPS) is 10.6. The van der Waals surface area contributed by atoms with E-state index in [2.05, 4.69) is 30.4 Å². The number of anilines is 1. The summed E-state index contributed by atoms with van der Waals surface area (Å²) in [5, 5.41) is 6.89. The average Bonchev–Trinajstić information content (AvgIpc) is 2.81. The number of aromatic nitrogens is 5. The fraction of sp³-hybridized carbons (Fsp3) is 0.545. The van der Waals surface area contributed by atoms with Gasteiger partial charge in [-0.3, -0.25) is 0 Å². The van der Waals surface area contributed by atoms with Crippen LogP contribution in [0.15, 0.2) is 4.52 Å². The molecular formula is C11H15ClN6O2. The van der Waals surface area contributed by atoms with E-state index in [0.717, 1.165) is 6.42 Å². The van der Waals surface area contributed by atoms with Crippen molar-refractivity contribution in [1.29, 1.82) is 0 Å². The lowest BCUT2D eigenvalue weighted by molar-refractivity contribution is 0.291. The maximum Gasteiger partial charge on any atom is 0.322 e. The van der Waals surface area contributed by atoms with Crippen LogP contribution in [-0.4, -0.2) is 38.2 Å². The Kier molecular flexibility index (Phi) is 5.05. The van der Waals surface area contributed by atoms with Crippen molar-refractivity contribution in [2.45, 2.75) is 26.7 Å². The Labute approximate surface area is 120 Å². The van der Waals surface area contributed by atoms with Gasteiger partial charge in [-0.2, -0.15) is 19.9 Å². The minimum atomic E-state index is 0.0870. The molecule has 0 atom stereocenters. The van der Waals surface area contributed by atoms with Gasteiger partial charge in [-0.05, 0) is 18.0 Å². The van der Waals surface area contributed by atoms with Crippen LogP contribution in [0.2, 0.25) is 5.28 Å². The molecule has 0 aliphatic heterocycles. The number of rotatable bonds is 7. The summed E-state index contributed by atoms with van der Waals surface area (Å²) >= 11 is 5.81. The highest BCUT2D eigenvalue weighted by Gasteiger charge is 2.07. The van der Waals surface area contributed by atoms with Crippen LogP contribution < -0.4 is 10.1 Å². The highest BCUT2D eigenvalue weighted by atomic mass is 35.5. The standard InChI is InChI=1S/C11H15ClN6O2/c1-3-6-19-11-16-9(12)15-10(17-11)13-5-4-8-14-7(2)20-18-8/h3-6H2,1-2H3,(H,13,15,16,17). The number of ether oxygens (including phenoxy) is 1. The van der Waals surface area contributed by atoms with Gasteiger partial charge >= 0.3 is 6.01 Å². The van der Waals surface area contributed by atoms with Crippen molar-refractivity contribution in [2.75, 3.05) is 18.5 Å². The number of hydrogen-bond donors (Lipinski definition) is 1. The number of nitrogens with one attached hydrogen (secondary N) is 1. The van der Waals surface area contributed by atoms with E-state index < -0.39 is 0 Å². The monoisotopic (exact) mass is 298 g/mol. The lowest BCUT2D eigenvalue weighted by Crippen LogP contribution is -2.11. The zero-order valence-electron chi connectivity index (χ0n) is 11.3. The molecule has 1 N–H and O–H groups in total. The first-order chi connectivity index (χ1) is 9.67. The Balaban J connectivity index is 1.89. The maximum atomic E-state index is 5.81. The fourth-order valence-corrected chi connectivity index (χ4v) is 1.55. The molecule has 9 heteroatoms. The maximum absolute atomic E-state index is 5.81. The SMILES string of the molecule is CCCOc1nc(Cl)nc(NCCc2noc(C)n2)n1. The summed E-state index contributed by atoms with van der Waals surface area (Å²) in [4.78, 5) is 16.0. The van der Waals surface area contributed by atoms with Crippen LogP contribution in [0.5, 0.6) is 6.01 Å². The molecule has 0 aliphatic carbocycles. The van der Waals surface area contributed by atoms with Crippen molar-refractivity contribution in [3.63, 3.8) is 0 Å². The molecule has 2 heterocycles. The molecule has 0 fully saturated rings. The Morgan fingerprint density at radius 3 is 2.80 bits per heavy atom. The minimum Gasteiger partial charge on any atom is -0.463 e. The van der Waals surface area contributed by atoms with Crippen molar-refractivity contribution >= 4 is 17.5 Å². The van der Waals surface area contributed by atoms with E-state index in [0.29, 0.717) is 37.2 Å². The zero-order valence-corrected chi connectivity index (χ0v) is 12.0. The van der Waals surface area contributed by atoms with Gasteiger partial charge in [0.25, 0.3) is 0 Å². The Morgan fingerprint density at radius 2 is 2.10 bits per heavy atom. The van der Waals surface area contributed by atoms with Gasteiger partial charge in [0.15, 0.2) is 5.82 Å². The van der Waals surface area contributed by atoms with E-state index in [1.807, 2.05) is 6.92 Å². The van der Waals surface area contributed by atoms with E-state index in [9.17, 15) is 0 Å². The van der Waals surface area contributed by atoms with E-state index in [4.69, 9.17) is 20.9 Å². The molecule has 0 radical (unpaired) electrons. The molecule has 8 nitrogen and oxygen atoms in total. The Morgan fingerprint density at radius 1 is 1.25 bits per heavy atom. The highest BCUT2D eigenvalue weighted by molar-refractivity contribution is 6.28. The van der Waals surface area contributed by atoms with Crippen LogP contribution in [0.1, 0.15) is 25.1 Å². The van der Waals surface area contributed by atoms with Gasteiger partial charge in [0.05, 0.1) is 6.61 Å². The zero-order chi connectivity index (χ0) is 14.4. The molecule has 0 spiro atoms. The first-order valence-corrected chi connectivity index (χ1v) is 6.62. The third kappa shape index (κ3) is 4.30. The third-order valence-corrected chi connectivity index (χ3v) is 2.39. The first kappa shape index (κ1) is 14.4. The molecule has 108 valence electrons. The van der Waals surface area contributed by atoms with Crippen molar-refractivity contribution in [2.24, 2.45) is 0 Å². The van der Waals surface area contributed by atoms with Crippen LogP contribution in [0.4, 0.5) is 5.95 Å². The van der Waals surface area contributed by atoms with E-state index in [-0.39, 0.29) is 11.3 Å². The lowest BCUT2D eigenvalue weighted by atomic mass is 10.4. The van der Waals surface area contributed by atoms with Gasteiger partial charge in [0.1, 0.15) is 0 Å². The van der Waals surface area contributed by atoms with Crippen molar-refractivity contribution < 1.29 is 9.26 Å². The Bertz CT molecular complexity index is 562. The molecule has 20 heavy (non-hydrogen) atoms. The summed E-state index contributed by atoms with van der Waals surface area (Å²) in [6.45, 7) is 4.82. The van der Waals surface area contributed by atoms with Gasteiger partial charge in [-0.1, -0.05) is 12.1 Å². The molecule has 2 aromatic heterocycles. The number of aryl methyl sites for hydroxylation is 1. The number of hydrogen-bond acceptors (Lipinski definition) is 8. The number of halogens is 1. The largest absolute Gasteiger partial charge is 0.463 e. The van der Waals surface area contributed by atoms with Crippen LogP contribution in [0.3, 0.4) is 0 Å². The lowest BCUT2D eigenvalue weighted by Gasteiger charge is -2.06. The van der Waals surface area contributed by atoms with E-state index in [1.54, 1.807) is 6.92 Å². The smallest absolute Gasteiger partial charge is 0.322 e. The molecule has 2 aromatic rings. The quantitative estimate of drug-likeness (QED) is 0.824. The average molecular weight is 299 g/mol. The van der Waals surface area contributed by atoms with Crippen LogP contribution >= 0.6 is 11.6 Å². The predicted molar refractivity (Wildman–Crippen MR) is 71.9 cm³/mol. The topological polar surface area (TPSA) is 98.9 Å². The van der Waals surface area contributed by atoms with Crippen LogP contribution in [0.25, 0.3) is 0 Å². The molecule has 0 bridgehead atoms. The summed E-state index contributed by atoms with van der Waals surface area (Å²) in [5.41, 5.74) is 0. The molecule has 0 saturated carbocycles. The second kappa shape index (κ2) is 6.99. The van der Waals surface area contributed by atoms with Gasteiger partial charge in [-0.15, -0.1) is 0 Å². The van der Waals surface area contributed by atoms with Crippen molar-refractivity contribution in [3.05, 3.63) is 17.0 Å². The predicted octanol–water partition coefficient (Wildman–Crippen LogP) is 1.66. The summed E-state index contributed by atoms with van der Waals surface area (Å²) in [6, 6.07) is 0.213. The molecule has 0 saturated heterocycles. The van der Waals surface area contributed by atoms with E-state index >= 15 is 0 Å². The molecule has 0 aliphatic rings.